The number of carbonyl (C=O) groups is 1. The largest absolute Gasteiger partial charge is 0.382 e. The quantitative estimate of drug-likeness (QED) is 0.872. The van der Waals surface area contributed by atoms with E-state index < -0.39 is 0 Å². The van der Waals surface area contributed by atoms with E-state index in [1.165, 1.54) is 12.5 Å². The van der Waals surface area contributed by atoms with E-state index in [-0.39, 0.29) is 17.8 Å². The maximum absolute atomic E-state index is 13.8. The monoisotopic (exact) mass is 310 g/mol. The van der Waals surface area contributed by atoms with Crippen molar-refractivity contribution in [2.45, 2.75) is 43.9 Å². The minimum absolute atomic E-state index is 0.183. The van der Waals surface area contributed by atoms with E-state index in [9.17, 15) is 9.18 Å². The summed E-state index contributed by atoms with van der Waals surface area (Å²) in [7, 11) is 0. The Morgan fingerprint density at radius 1 is 1.43 bits per heavy atom. The fraction of sp³-hybridized carbons (Fsp3) is 0.562. The third-order valence-electron chi connectivity index (χ3n) is 3.91. The molecule has 1 saturated carbocycles. The van der Waals surface area contributed by atoms with Gasteiger partial charge in [0.05, 0.1) is 11.3 Å². The molecular formula is C16H23FN2OS. The molecule has 1 fully saturated rings. The number of anilines is 1. The third-order valence-corrected chi connectivity index (χ3v) is 5.00. The fourth-order valence-corrected chi connectivity index (χ4v) is 3.65. The van der Waals surface area contributed by atoms with Crippen LogP contribution in [0.2, 0.25) is 0 Å². The summed E-state index contributed by atoms with van der Waals surface area (Å²) in [5.74, 6) is -0.563. The van der Waals surface area contributed by atoms with Gasteiger partial charge in [0.15, 0.2) is 0 Å². The average Bonchev–Trinajstić information content (AvgIpc) is 2.49. The first-order valence-electron chi connectivity index (χ1n) is 7.51. The number of nitrogens with one attached hydrogen (secondary N) is 2. The second-order valence-corrected chi connectivity index (χ2v) is 6.53. The van der Waals surface area contributed by atoms with E-state index in [1.807, 2.05) is 18.7 Å². The second-order valence-electron chi connectivity index (χ2n) is 5.39. The zero-order chi connectivity index (χ0) is 15.2. The van der Waals surface area contributed by atoms with Gasteiger partial charge in [-0.25, -0.2) is 4.39 Å². The zero-order valence-electron chi connectivity index (χ0n) is 12.6. The van der Waals surface area contributed by atoms with Crippen LogP contribution in [-0.4, -0.2) is 30.0 Å². The van der Waals surface area contributed by atoms with E-state index in [0.717, 1.165) is 19.3 Å². The summed E-state index contributed by atoms with van der Waals surface area (Å²) in [5.41, 5.74) is 0.692. The molecule has 0 heterocycles. The highest BCUT2D eigenvalue weighted by Crippen LogP contribution is 2.27. The lowest BCUT2D eigenvalue weighted by molar-refractivity contribution is 0.0929. The first-order valence-corrected chi connectivity index (χ1v) is 8.80. The summed E-state index contributed by atoms with van der Waals surface area (Å²) in [5, 5.41) is 6.62. The molecule has 0 spiro atoms. The van der Waals surface area contributed by atoms with Crippen molar-refractivity contribution in [3.8, 4) is 0 Å². The number of thioether (sulfide) groups is 1. The molecule has 2 N–H and O–H groups in total. The molecule has 0 aromatic heterocycles. The van der Waals surface area contributed by atoms with Crippen LogP contribution in [0.15, 0.2) is 18.2 Å². The number of halogens is 1. The Balaban J connectivity index is 2.08. The van der Waals surface area contributed by atoms with Crippen molar-refractivity contribution in [2.24, 2.45) is 0 Å². The van der Waals surface area contributed by atoms with Gasteiger partial charge in [-0.15, -0.1) is 0 Å². The Labute approximate surface area is 130 Å². The molecule has 1 amide bonds. The van der Waals surface area contributed by atoms with Crippen LogP contribution >= 0.6 is 11.8 Å². The highest BCUT2D eigenvalue weighted by molar-refractivity contribution is 7.99. The van der Waals surface area contributed by atoms with E-state index in [1.54, 1.807) is 12.1 Å². The van der Waals surface area contributed by atoms with E-state index in [0.29, 0.717) is 23.0 Å². The molecule has 5 heteroatoms. The average molecular weight is 310 g/mol. The molecule has 1 aromatic carbocycles. The molecule has 1 aliphatic carbocycles. The van der Waals surface area contributed by atoms with Crippen LogP contribution in [-0.2, 0) is 0 Å². The minimum atomic E-state index is -0.380. The molecule has 1 aliphatic rings. The van der Waals surface area contributed by atoms with Crippen LogP contribution in [0.25, 0.3) is 0 Å². The van der Waals surface area contributed by atoms with Crippen LogP contribution < -0.4 is 10.6 Å². The van der Waals surface area contributed by atoms with Crippen LogP contribution in [0.3, 0.4) is 0 Å². The van der Waals surface area contributed by atoms with Crippen molar-refractivity contribution in [3.63, 3.8) is 0 Å². The summed E-state index contributed by atoms with van der Waals surface area (Å²) >= 11 is 1.86. The van der Waals surface area contributed by atoms with Gasteiger partial charge in [0, 0.05) is 17.8 Å². The normalized spacial score (nSPS) is 21.9. The molecule has 0 aliphatic heterocycles. The number of benzene rings is 1. The Bertz CT molecular complexity index is 495. The Kier molecular flexibility index (Phi) is 5.91. The van der Waals surface area contributed by atoms with Crippen molar-refractivity contribution >= 4 is 23.4 Å². The fourth-order valence-electron chi connectivity index (χ4n) is 2.82. The van der Waals surface area contributed by atoms with E-state index in [2.05, 4.69) is 16.9 Å². The van der Waals surface area contributed by atoms with Gasteiger partial charge in [-0.1, -0.05) is 12.5 Å². The predicted octanol–water partition coefficient (Wildman–Crippen LogP) is 3.66. The Morgan fingerprint density at radius 3 is 2.95 bits per heavy atom. The number of hydrogen-bond acceptors (Lipinski definition) is 3. The topological polar surface area (TPSA) is 41.1 Å². The Morgan fingerprint density at radius 2 is 2.24 bits per heavy atom. The van der Waals surface area contributed by atoms with Crippen molar-refractivity contribution < 1.29 is 9.18 Å². The summed E-state index contributed by atoms with van der Waals surface area (Å²) in [6.07, 6.45) is 6.48. The molecule has 0 bridgehead atoms. The maximum Gasteiger partial charge on any atom is 0.253 e. The molecule has 21 heavy (non-hydrogen) atoms. The lowest BCUT2D eigenvalue weighted by atomic mass is 9.94. The standard InChI is InChI=1S/C16H23FN2OS/c1-3-18-15-13(8-5-9-14(15)17)16(20)19-11-6-4-7-12(10-11)21-2/h5,8-9,11-12,18H,3-4,6-7,10H2,1-2H3,(H,19,20). The summed E-state index contributed by atoms with van der Waals surface area (Å²) in [6, 6.07) is 4.82. The van der Waals surface area contributed by atoms with E-state index in [4.69, 9.17) is 0 Å². The molecule has 2 unspecified atom stereocenters. The molecule has 116 valence electrons. The van der Waals surface area contributed by atoms with Crippen molar-refractivity contribution in [2.75, 3.05) is 18.1 Å². The highest BCUT2D eigenvalue weighted by atomic mass is 32.2. The Hall–Kier alpha value is -1.23. The van der Waals surface area contributed by atoms with Gasteiger partial charge < -0.3 is 10.6 Å². The summed E-state index contributed by atoms with van der Waals surface area (Å²) < 4.78 is 13.8. The van der Waals surface area contributed by atoms with Crippen LogP contribution in [0.5, 0.6) is 0 Å². The van der Waals surface area contributed by atoms with Gasteiger partial charge in [0.25, 0.3) is 5.91 Å². The lowest BCUT2D eigenvalue weighted by Gasteiger charge is -2.29. The molecule has 3 nitrogen and oxygen atoms in total. The van der Waals surface area contributed by atoms with Gasteiger partial charge in [-0.05, 0) is 44.6 Å². The molecule has 0 saturated heterocycles. The van der Waals surface area contributed by atoms with Crippen molar-refractivity contribution in [3.05, 3.63) is 29.6 Å². The lowest BCUT2D eigenvalue weighted by Crippen LogP contribution is -2.39. The SMILES string of the molecule is CCNc1c(F)cccc1C(=O)NC1CCCC(SC)C1. The molecule has 2 atom stereocenters. The number of para-hydroxylation sites is 1. The number of carbonyl (C=O) groups excluding carboxylic acids is 1. The zero-order valence-corrected chi connectivity index (χ0v) is 13.4. The second kappa shape index (κ2) is 7.69. The number of hydrogen-bond donors (Lipinski definition) is 2. The number of amides is 1. The van der Waals surface area contributed by atoms with Gasteiger partial charge in [-0.3, -0.25) is 4.79 Å². The molecular weight excluding hydrogens is 287 g/mol. The van der Waals surface area contributed by atoms with Gasteiger partial charge in [0.2, 0.25) is 0 Å². The maximum atomic E-state index is 13.8. The van der Waals surface area contributed by atoms with Crippen LogP contribution in [0.4, 0.5) is 10.1 Å². The highest BCUT2D eigenvalue weighted by Gasteiger charge is 2.24. The third kappa shape index (κ3) is 4.13. The summed E-state index contributed by atoms with van der Waals surface area (Å²) in [6.45, 7) is 2.47. The van der Waals surface area contributed by atoms with Gasteiger partial charge in [-0.2, -0.15) is 11.8 Å². The molecule has 1 aromatic rings. The van der Waals surface area contributed by atoms with E-state index >= 15 is 0 Å². The first kappa shape index (κ1) is 16.1. The van der Waals surface area contributed by atoms with Crippen molar-refractivity contribution in [1.82, 2.24) is 5.32 Å². The minimum Gasteiger partial charge on any atom is -0.382 e. The first-order chi connectivity index (χ1) is 10.2. The van der Waals surface area contributed by atoms with Crippen LogP contribution in [0.1, 0.15) is 43.0 Å². The molecule has 2 rings (SSSR count). The van der Waals surface area contributed by atoms with Gasteiger partial charge in [0.1, 0.15) is 5.82 Å². The van der Waals surface area contributed by atoms with Crippen LogP contribution in [0, 0.1) is 5.82 Å². The smallest absolute Gasteiger partial charge is 0.253 e. The predicted molar refractivity (Wildman–Crippen MR) is 87.6 cm³/mol. The molecule has 0 radical (unpaired) electrons. The summed E-state index contributed by atoms with van der Waals surface area (Å²) in [4.78, 5) is 12.4. The number of rotatable bonds is 5. The van der Waals surface area contributed by atoms with Gasteiger partial charge >= 0.3 is 0 Å². The van der Waals surface area contributed by atoms with Crippen molar-refractivity contribution in [1.29, 1.82) is 0 Å².